The summed E-state index contributed by atoms with van der Waals surface area (Å²) in [6, 6.07) is 6.38. The van der Waals surface area contributed by atoms with Crippen LogP contribution in [-0.2, 0) is 11.3 Å². The molecule has 0 bridgehead atoms. The van der Waals surface area contributed by atoms with E-state index in [2.05, 4.69) is 39.4 Å². The van der Waals surface area contributed by atoms with Crippen LogP contribution in [-0.4, -0.2) is 26.5 Å². The van der Waals surface area contributed by atoms with Gasteiger partial charge in [-0.1, -0.05) is 22.0 Å². The number of ether oxygens (including phenoxy) is 1. The zero-order chi connectivity index (χ0) is 11.1. The molecule has 15 heavy (non-hydrogen) atoms. The first kappa shape index (κ1) is 13.0. The number of hydrogen-bond acceptors (Lipinski definition) is 3. The lowest BCUT2D eigenvalue weighted by Crippen LogP contribution is -2.06. The summed E-state index contributed by atoms with van der Waals surface area (Å²) >= 11 is 5.32. The molecular weight excluding hydrogens is 274 g/mol. The summed E-state index contributed by atoms with van der Waals surface area (Å²) < 4.78 is 6.17. The summed E-state index contributed by atoms with van der Waals surface area (Å²) in [6.45, 7) is 1.69. The average molecular weight is 290 g/mol. The van der Waals surface area contributed by atoms with Crippen LogP contribution in [0.5, 0.6) is 0 Å². The van der Waals surface area contributed by atoms with Crippen molar-refractivity contribution in [1.29, 1.82) is 0 Å². The summed E-state index contributed by atoms with van der Waals surface area (Å²) in [7, 11) is 3.70. The Balaban J connectivity index is 2.68. The van der Waals surface area contributed by atoms with Gasteiger partial charge in [0.2, 0.25) is 0 Å². The molecule has 84 valence electrons. The maximum absolute atomic E-state index is 5.05. The van der Waals surface area contributed by atoms with Crippen LogP contribution in [0.4, 0.5) is 0 Å². The Labute approximate surface area is 104 Å². The van der Waals surface area contributed by atoms with Gasteiger partial charge >= 0.3 is 0 Å². The molecule has 0 saturated carbocycles. The van der Waals surface area contributed by atoms with E-state index in [-0.39, 0.29) is 0 Å². The minimum atomic E-state index is 0.788. The zero-order valence-corrected chi connectivity index (χ0v) is 11.5. The Bertz CT molecular complexity index is 307. The van der Waals surface area contributed by atoms with Gasteiger partial charge in [-0.3, -0.25) is 0 Å². The van der Waals surface area contributed by atoms with Gasteiger partial charge < -0.3 is 10.1 Å². The van der Waals surface area contributed by atoms with Gasteiger partial charge in [0.05, 0.1) is 6.61 Å². The first-order valence-corrected chi connectivity index (χ1v) is 6.60. The van der Waals surface area contributed by atoms with Gasteiger partial charge in [-0.15, -0.1) is 11.8 Å². The summed E-state index contributed by atoms with van der Waals surface area (Å²) in [5, 5.41) is 3.17. The largest absolute Gasteiger partial charge is 0.384 e. The lowest BCUT2D eigenvalue weighted by molar-refractivity contribution is 0.218. The van der Waals surface area contributed by atoms with E-state index in [0.717, 1.165) is 23.4 Å². The van der Waals surface area contributed by atoms with Crippen LogP contribution in [0.2, 0.25) is 0 Å². The zero-order valence-electron chi connectivity index (χ0n) is 9.05. The van der Waals surface area contributed by atoms with Crippen molar-refractivity contribution >= 4 is 27.7 Å². The maximum Gasteiger partial charge on any atom is 0.0556 e. The van der Waals surface area contributed by atoms with Crippen molar-refractivity contribution in [1.82, 2.24) is 5.32 Å². The molecule has 4 heteroatoms. The number of nitrogens with one attached hydrogen (secondary N) is 1. The Morgan fingerprint density at radius 2 is 2.27 bits per heavy atom. The maximum atomic E-state index is 5.05. The average Bonchev–Trinajstić information content (AvgIpc) is 2.22. The number of methoxy groups -OCH3 is 1. The molecule has 0 aromatic heterocycles. The van der Waals surface area contributed by atoms with Crippen LogP contribution in [0.1, 0.15) is 5.56 Å². The highest BCUT2D eigenvalue weighted by Gasteiger charge is 2.03. The van der Waals surface area contributed by atoms with Crippen molar-refractivity contribution in [2.75, 3.05) is 26.5 Å². The van der Waals surface area contributed by atoms with Gasteiger partial charge in [-0.05, 0) is 24.7 Å². The molecule has 0 heterocycles. The molecule has 2 nitrogen and oxygen atoms in total. The third-order valence-corrected chi connectivity index (χ3v) is 3.50. The molecule has 1 aromatic carbocycles. The van der Waals surface area contributed by atoms with E-state index in [1.165, 1.54) is 10.5 Å². The van der Waals surface area contributed by atoms with E-state index in [4.69, 9.17) is 4.74 Å². The Morgan fingerprint density at radius 1 is 1.47 bits per heavy atom. The van der Waals surface area contributed by atoms with Crippen molar-refractivity contribution in [3.05, 3.63) is 28.2 Å². The molecule has 0 fully saturated rings. The molecule has 1 rings (SSSR count). The highest BCUT2D eigenvalue weighted by molar-refractivity contribution is 9.10. The first-order chi connectivity index (χ1) is 7.27. The SMILES string of the molecule is CNCc1ccc(Br)cc1SCCOC. The molecule has 1 aromatic rings. The van der Waals surface area contributed by atoms with E-state index in [9.17, 15) is 0 Å². The third kappa shape index (κ3) is 4.55. The normalized spacial score (nSPS) is 10.6. The topological polar surface area (TPSA) is 21.3 Å². The molecule has 0 amide bonds. The predicted octanol–water partition coefficient (Wildman–Crippen LogP) is 2.91. The standard InChI is InChI=1S/C11H16BrNOS/c1-13-8-9-3-4-10(12)7-11(9)15-6-5-14-2/h3-4,7,13H,5-6,8H2,1-2H3. The lowest BCUT2D eigenvalue weighted by atomic mass is 10.2. The van der Waals surface area contributed by atoms with Crippen LogP contribution in [0.15, 0.2) is 27.6 Å². The number of thioether (sulfide) groups is 1. The lowest BCUT2D eigenvalue weighted by Gasteiger charge is -2.09. The number of rotatable bonds is 6. The molecule has 1 N–H and O–H groups in total. The van der Waals surface area contributed by atoms with E-state index in [1.807, 2.05) is 18.8 Å². The van der Waals surface area contributed by atoms with Gasteiger partial charge in [0.25, 0.3) is 0 Å². The van der Waals surface area contributed by atoms with E-state index in [0.29, 0.717) is 0 Å². The Hall–Kier alpha value is -0.0300. The number of hydrogen-bond donors (Lipinski definition) is 1. The highest BCUT2D eigenvalue weighted by Crippen LogP contribution is 2.26. The fraction of sp³-hybridized carbons (Fsp3) is 0.455. The quantitative estimate of drug-likeness (QED) is 0.643. The molecule has 0 unspecified atom stereocenters. The van der Waals surface area contributed by atoms with E-state index >= 15 is 0 Å². The van der Waals surface area contributed by atoms with Crippen molar-refractivity contribution in [3.63, 3.8) is 0 Å². The van der Waals surface area contributed by atoms with Crippen LogP contribution in [0, 0.1) is 0 Å². The van der Waals surface area contributed by atoms with Crippen LogP contribution >= 0.6 is 27.7 Å². The molecule has 0 aliphatic heterocycles. The van der Waals surface area contributed by atoms with Gasteiger partial charge in [0, 0.05) is 28.8 Å². The molecule has 0 aliphatic rings. The third-order valence-electron chi connectivity index (χ3n) is 1.94. The van der Waals surface area contributed by atoms with Gasteiger partial charge in [-0.2, -0.15) is 0 Å². The summed E-state index contributed by atoms with van der Waals surface area (Å²) in [6.07, 6.45) is 0. The highest BCUT2D eigenvalue weighted by atomic mass is 79.9. The van der Waals surface area contributed by atoms with Gasteiger partial charge in [-0.25, -0.2) is 0 Å². The molecule has 0 aliphatic carbocycles. The van der Waals surface area contributed by atoms with Crippen molar-refractivity contribution in [2.24, 2.45) is 0 Å². The van der Waals surface area contributed by atoms with Crippen molar-refractivity contribution in [3.8, 4) is 0 Å². The van der Waals surface area contributed by atoms with E-state index < -0.39 is 0 Å². The summed E-state index contributed by atoms with van der Waals surface area (Å²) in [5.41, 5.74) is 1.34. The minimum Gasteiger partial charge on any atom is -0.384 e. The summed E-state index contributed by atoms with van der Waals surface area (Å²) in [5.74, 6) is 0.990. The molecular formula is C11H16BrNOS. The second-order valence-corrected chi connectivity index (χ2v) is 5.18. The van der Waals surface area contributed by atoms with Crippen LogP contribution in [0.3, 0.4) is 0 Å². The smallest absolute Gasteiger partial charge is 0.0556 e. The van der Waals surface area contributed by atoms with Gasteiger partial charge in [0.1, 0.15) is 0 Å². The van der Waals surface area contributed by atoms with E-state index in [1.54, 1.807) is 7.11 Å². The fourth-order valence-electron chi connectivity index (χ4n) is 1.23. The second kappa shape index (κ2) is 7.28. The van der Waals surface area contributed by atoms with Gasteiger partial charge in [0.15, 0.2) is 0 Å². The minimum absolute atomic E-state index is 0.788. The van der Waals surface area contributed by atoms with Crippen LogP contribution in [0.25, 0.3) is 0 Å². The van der Waals surface area contributed by atoms with Crippen molar-refractivity contribution in [2.45, 2.75) is 11.4 Å². The molecule has 0 atom stereocenters. The summed E-state index contributed by atoms with van der Waals surface area (Å²) in [4.78, 5) is 1.32. The molecule has 0 spiro atoms. The van der Waals surface area contributed by atoms with Crippen LogP contribution < -0.4 is 5.32 Å². The number of benzene rings is 1. The number of halogens is 1. The predicted molar refractivity (Wildman–Crippen MR) is 69.5 cm³/mol. The Kier molecular flexibility index (Phi) is 6.32. The Morgan fingerprint density at radius 3 is 2.93 bits per heavy atom. The molecule has 0 saturated heterocycles. The van der Waals surface area contributed by atoms with Crippen molar-refractivity contribution < 1.29 is 4.74 Å². The first-order valence-electron chi connectivity index (χ1n) is 4.82. The monoisotopic (exact) mass is 289 g/mol. The molecule has 0 radical (unpaired) electrons. The fourth-order valence-corrected chi connectivity index (χ4v) is 2.75. The second-order valence-electron chi connectivity index (χ2n) is 3.12.